The number of rotatable bonds is 3. The van der Waals surface area contributed by atoms with Crippen LogP contribution in [-0.4, -0.2) is 38.0 Å². The van der Waals surface area contributed by atoms with E-state index in [2.05, 4.69) is 36.2 Å². The summed E-state index contributed by atoms with van der Waals surface area (Å²) in [6.45, 7) is 1.88. The van der Waals surface area contributed by atoms with Crippen molar-refractivity contribution in [3.8, 4) is 0 Å². The van der Waals surface area contributed by atoms with Gasteiger partial charge in [-0.25, -0.2) is 15.0 Å². The van der Waals surface area contributed by atoms with Gasteiger partial charge in [0.25, 0.3) is 0 Å². The van der Waals surface area contributed by atoms with Gasteiger partial charge >= 0.3 is 0 Å². The fourth-order valence-electron chi connectivity index (χ4n) is 2.72. The lowest BCUT2D eigenvalue weighted by molar-refractivity contribution is 0.0578. The molecule has 0 saturated heterocycles. The Morgan fingerprint density at radius 2 is 2.24 bits per heavy atom. The number of anilines is 1. The maximum Gasteiger partial charge on any atom is 0.187 e. The summed E-state index contributed by atoms with van der Waals surface area (Å²) in [5.41, 5.74) is 0.0858. The SMILES string of the molecule is CSc1ncc2c(Br)cnc(NC3CCC[C@@]3(C)O)c2n1. The molecule has 0 radical (unpaired) electrons. The molecule has 112 valence electrons. The van der Waals surface area contributed by atoms with Gasteiger partial charge in [0.1, 0.15) is 5.52 Å². The highest BCUT2D eigenvalue weighted by atomic mass is 79.9. The molecular weight excluding hydrogens is 352 g/mol. The Balaban J connectivity index is 2.03. The first-order valence-electron chi connectivity index (χ1n) is 6.85. The van der Waals surface area contributed by atoms with Crippen LogP contribution in [0.5, 0.6) is 0 Å². The molecular formula is C14H17BrN4OS. The lowest BCUT2D eigenvalue weighted by atomic mass is 10.0. The average molecular weight is 369 g/mol. The fraction of sp³-hybridized carbons (Fsp3) is 0.500. The van der Waals surface area contributed by atoms with Gasteiger partial charge in [0, 0.05) is 22.3 Å². The number of aromatic nitrogens is 3. The molecule has 1 unspecified atom stereocenters. The predicted octanol–water partition coefficient (Wildman–Crippen LogP) is 3.22. The Hall–Kier alpha value is -0.920. The molecule has 2 atom stereocenters. The first-order valence-corrected chi connectivity index (χ1v) is 8.87. The van der Waals surface area contributed by atoms with Crippen molar-refractivity contribution in [2.45, 2.75) is 43.0 Å². The van der Waals surface area contributed by atoms with Crippen LogP contribution in [-0.2, 0) is 0 Å². The smallest absolute Gasteiger partial charge is 0.187 e. The van der Waals surface area contributed by atoms with Crippen molar-refractivity contribution in [1.29, 1.82) is 0 Å². The number of nitrogens with one attached hydrogen (secondary N) is 1. The molecule has 0 aromatic carbocycles. The number of hydrogen-bond donors (Lipinski definition) is 2. The second-order valence-electron chi connectivity index (χ2n) is 5.52. The van der Waals surface area contributed by atoms with E-state index in [-0.39, 0.29) is 6.04 Å². The van der Waals surface area contributed by atoms with Crippen LogP contribution in [0, 0.1) is 0 Å². The van der Waals surface area contributed by atoms with Gasteiger partial charge in [-0.2, -0.15) is 0 Å². The van der Waals surface area contributed by atoms with Gasteiger partial charge in [-0.05, 0) is 48.4 Å². The molecule has 7 heteroatoms. The number of halogens is 1. The number of nitrogens with zero attached hydrogens (tertiary/aromatic N) is 3. The number of hydrogen-bond acceptors (Lipinski definition) is 6. The molecule has 2 N–H and O–H groups in total. The van der Waals surface area contributed by atoms with E-state index in [9.17, 15) is 5.11 Å². The summed E-state index contributed by atoms with van der Waals surface area (Å²) in [7, 11) is 0. The van der Waals surface area contributed by atoms with Gasteiger partial charge in [0.15, 0.2) is 11.0 Å². The number of fused-ring (bicyclic) bond motifs is 1. The summed E-state index contributed by atoms with van der Waals surface area (Å²) in [6, 6.07) is 0.00192. The number of pyridine rings is 1. The minimum absolute atomic E-state index is 0.00192. The minimum atomic E-state index is -0.698. The Morgan fingerprint density at radius 3 is 2.90 bits per heavy atom. The van der Waals surface area contributed by atoms with Crippen LogP contribution in [0.25, 0.3) is 10.9 Å². The van der Waals surface area contributed by atoms with Crippen molar-refractivity contribution in [3.63, 3.8) is 0 Å². The topological polar surface area (TPSA) is 70.9 Å². The number of aliphatic hydroxyl groups is 1. The Labute approximate surface area is 136 Å². The third-order valence-corrected chi connectivity index (χ3v) is 5.17. The second-order valence-corrected chi connectivity index (χ2v) is 7.15. The van der Waals surface area contributed by atoms with Crippen LogP contribution in [0.2, 0.25) is 0 Å². The molecule has 1 aliphatic carbocycles. The van der Waals surface area contributed by atoms with Gasteiger partial charge in [0.05, 0.1) is 11.6 Å². The van der Waals surface area contributed by atoms with E-state index in [1.807, 2.05) is 13.2 Å². The monoisotopic (exact) mass is 368 g/mol. The van der Waals surface area contributed by atoms with Gasteiger partial charge in [0.2, 0.25) is 0 Å². The van der Waals surface area contributed by atoms with E-state index < -0.39 is 5.60 Å². The molecule has 2 aromatic rings. The Morgan fingerprint density at radius 1 is 1.43 bits per heavy atom. The molecule has 21 heavy (non-hydrogen) atoms. The maximum absolute atomic E-state index is 10.4. The van der Waals surface area contributed by atoms with Gasteiger partial charge in [-0.1, -0.05) is 11.8 Å². The van der Waals surface area contributed by atoms with Crippen molar-refractivity contribution >= 4 is 44.4 Å². The summed E-state index contributed by atoms with van der Waals surface area (Å²) < 4.78 is 0.869. The summed E-state index contributed by atoms with van der Waals surface area (Å²) in [4.78, 5) is 13.3. The van der Waals surface area contributed by atoms with E-state index in [0.717, 1.165) is 34.6 Å². The number of thioether (sulfide) groups is 1. The standard InChI is InChI=1S/C14H17BrN4OS/c1-14(20)5-3-4-10(14)18-12-11-8(9(15)7-16-12)6-17-13(19-11)21-2/h6-7,10,20H,3-5H2,1-2H3,(H,16,18)/t10?,14-/m1/s1. The third kappa shape index (κ3) is 2.86. The van der Waals surface area contributed by atoms with Gasteiger partial charge in [-0.15, -0.1) is 0 Å². The van der Waals surface area contributed by atoms with E-state index >= 15 is 0 Å². The zero-order valence-corrected chi connectivity index (χ0v) is 14.3. The molecule has 1 aliphatic rings. The lowest BCUT2D eigenvalue weighted by Gasteiger charge is -2.27. The first kappa shape index (κ1) is 15.0. The maximum atomic E-state index is 10.4. The molecule has 0 aliphatic heterocycles. The molecule has 0 bridgehead atoms. The fourth-order valence-corrected chi connectivity index (χ4v) is 3.45. The van der Waals surface area contributed by atoms with Crippen molar-refractivity contribution in [1.82, 2.24) is 15.0 Å². The average Bonchev–Trinajstić information content (AvgIpc) is 2.80. The van der Waals surface area contributed by atoms with Crippen LogP contribution in [0.3, 0.4) is 0 Å². The van der Waals surface area contributed by atoms with Crippen LogP contribution in [0.4, 0.5) is 5.82 Å². The van der Waals surface area contributed by atoms with E-state index in [1.165, 1.54) is 11.8 Å². The first-order chi connectivity index (χ1) is 10.0. The van der Waals surface area contributed by atoms with Crippen LogP contribution in [0.1, 0.15) is 26.2 Å². The normalized spacial score (nSPS) is 25.4. The summed E-state index contributed by atoms with van der Waals surface area (Å²) in [5.74, 6) is 0.707. The molecule has 2 aromatic heterocycles. The van der Waals surface area contributed by atoms with Gasteiger partial charge < -0.3 is 10.4 Å². The highest BCUT2D eigenvalue weighted by Gasteiger charge is 2.37. The minimum Gasteiger partial charge on any atom is -0.388 e. The van der Waals surface area contributed by atoms with Gasteiger partial charge in [-0.3, -0.25) is 0 Å². The zero-order chi connectivity index (χ0) is 15.0. The van der Waals surface area contributed by atoms with Crippen molar-refractivity contribution in [2.24, 2.45) is 0 Å². The zero-order valence-electron chi connectivity index (χ0n) is 11.9. The van der Waals surface area contributed by atoms with E-state index in [4.69, 9.17) is 0 Å². The molecule has 1 fully saturated rings. The summed E-state index contributed by atoms with van der Waals surface area (Å²) >= 11 is 4.98. The second kappa shape index (κ2) is 5.70. The largest absolute Gasteiger partial charge is 0.388 e. The molecule has 2 heterocycles. The van der Waals surface area contributed by atoms with Crippen molar-refractivity contribution in [2.75, 3.05) is 11.6 Å². The predicted molar refractivity (Wildman–Crippen MR) is 88.7 cm³/mol. The molecule has 1 saturated carbocycles. The van der Waals surface area contributed by atoms with Crippen LogP contribution in [0.15, 0.2) is 22.0 Å². The quantitative estimate of drug-likeness (QED) is 0.640. The molecule has 3 rings (SSSR count). The highest BCUT2D eigenvalue weighted by molar-refractivity contribution is 9.10. The molecule has 0 spiro atoms. The summed E-state index contributed by atoms with van der Waals surface area (Å²) in [6.07, 6.45) is 8.26. The summed E-state index contributed by atoms with van der Waals surface area (Å²) in [5, 5.41) is 15.4. The van der Waals surface area contributed by atoms with E-state index in [1.54, 1.807) is 12.4 Å². The van der Waals surface area contributed by atoms with Crippen LogP contribution >= 0.6 is 27.7 Å². The Bertz CT molecular complexity index is 679. The molecule has 0 amide bonds. The van der Waals surface area contributed by atoms with E-state index in [0.29, 0.717) is 11.0 Å². The third-order valence-electron chi connectivity index (χ3n) is 3.98. The van der Waals surface area contributed by atoms with Crippen LogP contribution < -0.4 is 5.32 Å². The van der Waals surface area contributed by atoms with Crippen molar-refractivity contribution in [3.05, 3.63) is 16.9 Å². The Kier molecular flexibility index (Phi) is 4.07. The molecule has 5 nitrogen and oxygen atoms in total. The van der Waals surface area contributed by atoms with Crippen molar-refractivity contribution < 1.29 is 5.11 Å². The highest BCUT2D eigenvalue weighted by Crippen LogP contribution is 2.34. The lowest BCUT2D eigenvalue weighted by Crippen LogP contribution is -2.39.